The third-order valence-corrected chi connectivity index (χ3v) is 7.31. The lowest BCUT2D eigenvalue weighted by Crippen LogP contribution is -2.33. The highest BCUT2D eigenvalue weighted by molar-refractivity contribution is 9.10. The summed E-state index contributed by atoms with van der Waals surface area (Å²) < 4.78 is 2.34. The summed E-state index contributed by atoms with van der Waals surface area (Å²) in [4.78, 5) is 43.9. The van der Waals surface area contributed by atoms with Crippen LogP contribution in [0.5, 0.6) is 0 Å². The molecule has 168 valence electrons. The molecule has 2 aromatic heterocycles. The van der Waals surface area contributed by atoms with Crippen molar-refractivity contribution in [3.05, 3.63) is 55.4 Å². The predicted octanol–water partition coefficient (Wildman–Crippen LogP) is 3.94. The highest BCUT2D eigenvalue weighted by Gasteiger charge is 2.20. The molecule has 3 aromatic rings. The number of carbonyl (C=O) groups excluding carboxylic acids is 2. The summed E-state index contributed by atoms with van der Waals surface area (Å²) in [6, 6.07) is 5.67. The van der Waals surface area contributed by atoms with Gasteiger partial charge in [0.2, 0.25) is 11.8 Å². The maximum Gasteiger partial charge on any atom is 0.262 e. The number of rotatable bonds is 7. The van der Waals surface area contributed by atoms with Gasteiger partial charge in [0.25, 0.3) is 5.56 Å². The molecule has 1 aromatic carbocycles. The van der Waals surface area contributed by atoms with Crippen LogP contribution in [-0.2, 0) is 29.0 Å². The van der Waals surface area contributed by atoms with Crippen molar-refractivity contribution in [2.24, 2.45) is 0 Å². The summed E-state index contributed by atoms with van der Waals surface area (Å²) >= 11 is 5.00. The Morgan fingerprint density at radius 3 is 2.84 bits per heavy atom. The minimum atomic E-state index is -0.262. The van der Waals surface area contributed by atoms with Crippen LogP contribution in [-0.4, -0.2) is 27.9 Å². The summed E-state index contributed by atoms with van der Waals surface area (Å²) in [5.41, 5.74) is 2.73. The number of carbonyl (C=O) groups is 2. The highest BCUT2D eigenvalue weighted by Crippen LogP contribution is 2.33. The third-order valence-electron chi connectivity index (χ3n) is 5.62. The molecule has 32 heavy (non-hydrogen) atoms. The van der Waals surface area contributed by atoms with E-state index in [0.29, 0.717) is 24.8 Å². The first-order valence-electron chi connectivity index (χ1n) is 10.7. The largest absolute Gasteiger partial charge is 0.355 e. The lowest BCUT2D eigenvalue weighted by Gasteiger charge is -2.11. The number of anilines is 1. The van der Waals surface area contributed by atoms with E-state index in [9.17, 15) is 14.4 Å². The van der Waals surface area contributed by atoms with Crippen LogP contribution >= 0.6 is 27.3 Å². The lowest BCUT2D eigenvalue weighted by atomic mass is 9.97. The molecule has 7 nitrogen and oxygen atoms in total. The van der Waals surface area contributed by atoms with Crippen LogP contribution in [0.1, 0.15) is 41.7 Å². The topological polar surface area (TPSA) is 93.1 Å². The molecule has 0 saturated heterocycles. The molecule has 4 rings (SSSR count). The van der Waals surface area contributed by atoms with Gasteiger partial charge in [-0.3, -0.25) is 19.0 Å². The van der Waals surface area contributed by atoms with Gasteiger partial charge in [-0.1, -0.05) is 15.9 Å². The number of aromatic nitrogens is 2. The second-order valence-electron chi connectivity index (χ2n) is 8.03. The number of benzene rings is 1. The SMILES string of the molecule is Cc1cc(Br)ccc1NC(=O)CCCNC(=O)Cn1cnc2sc3c(c2c1=O)CCCC3. The molecule has 0 spiro atoms. The Balaban J connectivity index is 1.28. The Hall–Kier alpha value is -2.52. The molecule has 2 amide bonds. The fraction of sp³-hybridized carbons (Fsp3) is 0.391. The number of nitrogens with one attached hydrogen (secondary N) is 2. The van der Waals surface area contributed by atoms with Crippen LogP contribution in [0.2, 0.25) is 0 Å². The number of hydrogen-bond acceptors (Lipinski definition) is 5. The van der Waals surface area contributed by atoms with Gasteiger partial charge in [0, 0.05) is 28.0 Å². The zero-order valence-corrected chi connectivity index (χ0v) is 20.3. The van der Waals surface area contributed by atoms with Crippen molar-refractivity contribution in [3.8, 4) is 0 Å². The molecule has 0 radical (unpaired) electrons. The third kappa shape index (κ3) is 5.10. The van der Waals surface area contributed by atoms with E-state index in [4.69, 9.17) is 0 Å². The minimum Gasteiger partial charge on any atom is -0.355 e. The van der Waals surface area contributed by atoms with E-state index < -0.39 is 0 Å². The van der Waals surface area contributed by atoms with Crippen molar-refractivity contribution < 1.29 is 9.59 Å². The van der Waals surface area contributed by atoms with E-state index in [2.05, 4.69) is 31.5 Å². The zero-order chi connectivity index (χ0) is 22.7. The van der Waals surface area contributed by atoms with E-state index in [1.165, 1.54) is 15.8 Å². The van der Waals surface area contributed by atoms with Crippen LogP contribution < -0.4 is 16.2 Å². The van der Waals surface area contributed by atoms with Crippen LogP contribution in [0.25, 0.3) is 10.2 Å². The molecule has 1 aliphatic rings. The van der Waals surface area contributed by atoms with E-state index in [1.807, 2.05) is 25.1 Å². The number of hydrogen-bond donors (Lipinski definition) is 2. The normalized spacial score (nSPS) is 13.1. The van der Waals surface area contributed by atoms with Crippen molar-refractivity contribution in [1.82, 2.24) is 14.9 Å². The van der Waals surface area contributed by atoms with Crippen LogP contribution in [0.4, 0.5) is 5.69 Å². The molecule has 0 aliphatic heterocycles. The maximum absolute atomic E-state index is 12.9. The number of nitrogens with zero attached hydrogens (tertiary/aromatic N) is 2. The zero-order valence-electron chi connectivity index (χ0n) is 17.9. The summed E-state index contributed by atoms with van der Waals surface area (Å²) in [6.45, 7) is 2.22. The van der Waals surface area contributed by atoms with Gasteiger partial charge < -0.3 is 10.6 Å². The average molecular weight is 517 g/mol. The Morgan fingerprint density at radius 1 is 1.22 bits per heavy atom. The predicted molar refractivity (Wildman–Crippen MR) is 130 cm³/mol. The van der Waals surface area contributed by atoms with Crippen LogP contribution in [0.3, 0.4) is 0 Å². The average Bonchev–Trinajstić information content (AvgIpc) is 3.14. The monoisotopic (exact) mass is 516 g/mol. The smallest absolute Gasteiger partial charge is 0.262 e. The minimum absolute atomic E-state index is 0.0727. The molecule has 0 saturated carbocycles. The first-order chi connectivity index (χ1) is 15.4. The molecule has 0 unspecified atom stereocenters. The summed E-state index contributed by atoms with van der Waals surface area (Å²) in [7, 11) is 0. The number of amides is 2. The molecule has 0 atom stereocenters. The molecule has 2 N–H and O–H groups in total. The van der Waals surface area contributed by atoms with Crippen molar-refractivity contribution in [1.29, 1.82) is 0 Å². The number of fused-ring (bicyclic) bond motifs is 3. The first kappa shape index (κ1) is 22.7. The van der Waals surface area contributed by atoms with Gasteiger partial charge in [0.15, 0.2) is 0 Å². The van der Waals surface area contributed by atoms with Crippen LogP contribution in [0.15, 0.2) is 33.8 Å². The second-order valence-corrected chi connectivity index (χ2v) is 10.0. The van der Waals surface area contributed by atoms with Gasteiger partial charge in [-0.05, 0) is 68.4 Å². The molecule has 2 heterocycles. The van der Waals surface area contributed by atoms with Crippen molar-refractivity contribution >= 4 is 55.0 Å². The standard InChI is InChI=1S/C23H25BrN4O3S/c1-14-11-15(24)8-9-17(14)27-19(29)7-4-10-25-20(30)12-28-13-26-22-21(23(28)31)16-5-2-3-6-18(16)32-22/h8-9,11,13H,2-7,10,12H2,1H3,(H,25,30)(H,27,29). The van der Waals surface area contributed by atoms with Gasteiger partial charge >= 0.3 is 0 Å². The van der Waals surface area contributed by atoms with E-state index >= 15 is 0 Å². The summed E-state index contributed by atoms with van der Waals surface area (Å²) in [5.74, 6) is -0.362. The van der Waals surface area contributed by atoms with E-state index in [1.54, 1.807) is 11.3 Å². The quantitative estimate of drug-likeness (QED) is 0.465. The maximum atomic E-state index is 12.9. The van der Waals surface area contributed by atoms with Gasteiger partial charge in [0.1, 0.15) is 11.4 Å². The second kappa shape index (κ2) is 9.95. The Bertz CT molecular complexity index is 1230. The van der Waals surface area contributed by atoms with Crippen molar-refractivity contribution in [2.45, 2.75) is 52.0 Å². The van der Waals surface area contributed by atoms with Crippen molar-refractivity contribution in [3.63, 3.8) is 0 Å². The number of aryl methyl sites for hydroxylation is 3. The summed E-state index contributed by atoms with van der Waals surface area (Å²) in [6.07, 6.45) is 6.41. The van der Waals surface area contributed by atoms with Crippen molar-refractivity contribution in [2.75, 3.05) is 11.9 Å². The molecule has 9 heteroatoms. The Kier molecular flexibility index (Phi) is 7.05. The number of halogens is 1. The molecule has 0 bridgehead atoms. The van der Waals surface area contributed by atoms with Gasteiger partial charge in [-0.2, -0.15) is 0 Å². The Labute approximate surface area is 198 Å². The highest BCUT2D eigenvalue weighted by atomic mass is 79.9. The molecular formula is C23H25BrN4O3S. The Morgan fingerprint density at radius 2 is 2.03 bits per heavy atom. The molecule has 0 fully saturated rings. The fourth-order valence-electron chi connectivity index (χ4n) is 3.96. The molecular weight excluding hydrogens is 492 g/mol. The lowest BCUT2D eigenvalue weighted by molar-refractivity contribution is -0.122. The fourth-order valence-corrected chi connectivity index (χ4v) is 5.66. The van der Waals surface area contributed by atoms with E-state index in [0.717, 1.165) is 51.8 Å². The number of thiophene rings is 1. The molecule has 1 aliphatic carbocycles. The van der Waals surface area contributed by atoms with E-state index in [-0.39, 0.29) is 23.9 Å². The summed E-state index contributed by atoms with van der Waals surface area (Å²) in [5, 5.41) is 6.36. The first-order valence-corrected chi connectivity index (χ1v) is 12.4. The van der Waals surface area contributed by atoms with Gasteiger partial charge in [0.05, 0.1) is 11.7 Å². The van der Waals surface area contributed by atoms with Gasteiger partial charge in [-0.25, -0.2) is 4.98 Å². The van der Waals surface area contributed by atoms with Crippen LogP contribution in [0, 0.1) is 6.92 Å². The van der Waals surface area contributed by atoms with Gasteiger partial charge in [-0.15, -0.1) is 11.3 Å².